The highest BCUT2D eigenvalue weighted by Gasteiger charge is 2.85. The normalized spacial score (nSPS) is 45.6. The second-order valence-electron chi connectivity index (χ2n) is 13.0. The van der Waals surface area contributed by atoms with Crippen LogP contribution in [-0.2, 0) is 14.4 Å². The van der Waals surface area contributed by atoms with E-state index in [1.165, 1.54) is 0 Å². The standard InChI is InChI=1S/C28H41NO4/c1-7-25(5,6)13-19-11-23(29-33-19)27-14-20-17(4)8-9-21(20)26(15-30)12-18(27)10-22(16(2)3)28(26,27)24(31)32/h10,15-21H,7-9,11-14H2,1-6H3,(H,31,32)/t17-,18?,19?,20-,21-,26?,27?,28+/m1/s1. The number of carboxylic acid groups (broad SMARTS) is 1. The monoisotopic (exact) mass is 455 g/mol. The van der Waals surface area contributed by atoms with Gasteiger partial charge in [-0.25, -0.2) is 0 Å². The molecule has 0 aromatic rings. The van der Waals surface area contributed by atoms with Crippen LogP contribution in [-0.4, -0.2) is 29.2 Å². The predicted molar refractivity (Wildman–Crippen MR) is 128 cm³/mol. The van der Waals surface area contributed by atoms with Crippen molar-refractivity contribution in [1.29, 1.82) is 0 Å². The van der Waals surface area contributed by atoms with Crippen molar-refractivity contribution < 1.29 is 19.5 Å². The van der Waals surface area contributed by atoms with E-state index >= 15 is 0 Å². The van der Waals surface area contributed by atoms with Gasteiger partial charge in [0.1, 0.15) is 17.8 Å². The lowest BCUT2D eigenvalue weighted by Gasteiger charge is -2.58. The van der Waals surface area contributed by atoms with Gasteiger partial charge in [-0.3, -0.25) is 4.79 Å². The molecule has 4 aliphatic carbocycles. The van der Waals surface area contributed by atoms with Crippen LogP contribution < -0.4 is 0 Å². The zero-order chi connectivity index (χ0) is 24.0. The van der Waals surface area contributed by atoms with Crippen molar-refractivity contribution in [1.82, 2.24) is 0 Å². The fourth-order valence-corrected chi connectivity index (χ4v) is 9.28. The van der Waals surface area contributed by atoms with Crippen molar-refractivity contribution in [3.63, 3.8) is 0 Å². The van der Waals surface area contributed by atoms with E-state index in [0.717, 1.165) is 49.7 Å². The molecular weight excluding hydrogens is 414 g/mol. The van der Waals surface area contributed by atoms with Gasteiger partial charge >= 0.3 is 5.97 Å². The Hall–Kier alpha value is -1.65. The van der Waals surface area contributed by atoms with E-state index in [0.29, 0.717) is 24.7 Å². The summed E-state index contributed by atoms with van der Waals surface area (Å²) >= 11 is 0. The summed E-state index contributed by atoms with van der Waals surface area (Å²) < 4.78 is 0. The Labute approximate surface area is 198 Å². The number of allylic oxidation sites excluding steroid dienone is 1. The molecule has 0 amide bonds. The fourth-order valence-electron chi connectivity index (χ4n) is 9.28. The van der Waals surface area contributed by atoms with Crippen molar-refractivity contribution >= 4 is 18.0 Å². The third-order valence-electron chi connectivity index (χ3n) is 10.9. The van der Waals surface area contributed by atoms with E-state index in [-0.39, 0.29) is 29.3 Å². The summed E-state index contributed by atoms with van der Waals surface area (Å²) in [5.41, 5.74) is -0.614. The van der Waals surface area contributed by atoms with Crippen LogP contribution in [0.5, 0.6) is 0 Å². The maximum atomic E-state index is 13.6. The highest BCUT2D eigenvalue weighted by molar-refractivity contribution is 6.03. The number of rotatable bonds is 7. The van der Waals surface area contributed by atoms with Crippen molar-refractivity contribution in [2.75, 3.05) is 0 Å². The molecule has 0 radical (unpaired) electrons. The molecule has 5 rings (SSSR count). The van der Waals surface area contributed by atoms with Crippen LogP contribution in [0, 0.1) is 51.2 Å². The lowest BCUT2D eigenvalue weighted by molar-refractivity contribution is -0.173. The van der Waals surface area contributed by atoms with Gasteiger partial charge in [0.25, 0.3) is 0 Å². The van der Waals surface area contributed by atoms with Gasteiger partial charge in [-0.2, -0.15) is 0 Å². The maximum Gasteiger partial charge on any atom is 0.315 e. The van der Waals surface area contributed by atoms with E-state index in [9.17, 15) is 14.7 Å². The SMILES string of the molecule is CCC(C)(C)CC1CC(C23C[C@@H]4[C@H](C)CC[C@H]4C4(C=O)CC2C=C(C(C)C)[C@@]34C(=O)O)=NO1. The Morgan fingerprint density at radius 1 is 1.33 bits per heavy atom. The van der Waals surface area contributed by atoms with E-state index < -0.39 is 22.2 Å². The molecule has 5 heteroatoms. The summed E-state index contributed by atoms with van der Waals surface area (Å²) in [5.74, 6) is 0.360. The number of oxime groups is 1. The van der Waals surface area contributed by atoms with Gasteiger partial charge < -0.3 is 14.7 Å². The molecule has 3 fully saturated rings. The summed E-state index contributed by atoms with van der Waals surface area (Å²) in [6, 6.07) is 0. The van der Waals surface area contributed by atoms with Crippen LogP contribution in [0.3, 0.4) is 0 Å². The minimum absolute atomic E-state index is 0.0120. The summed E-state index contributed by atoms with van der Waals surface area (Å²) in [4.78, 5) is 32.7. The quantitative estimate of drug-likeness (QED) is 0.384. The van der Waals surface area contributed by atoms with Gasteiger partial charge in [0.05, 0.1) is 11.1 Å². The van der Waals surface area contributed by atoms with Gasteiger partial charge in [0, 0.05) is 11.8 Å². The van der Waals surface area contributed by atoms with Crippen molar-refractivity contribution in [3.05, 3.63) is 11.6 Å². The topological polar surface area (TPSA) is 76.0 Å². The summed E-state index contributed by atoms with van der Waals surface area (Å²) in [7, 11) is 0. The Kier molecular flexibility index (Phi) is 5.03. The first-order valence-electron chi connectivity index (χ1n) is 13.2. The van der Waals surface area contributed by atoms with Crippen LogP contribution in [0.1, 0.15) is 86.5 Å². The third-order valence-corrected chi connectivity index (χ3v) is 10.9. The highest BCUT2D eigenvalue weighted by atomic mass is 16.6. The molecule has 1 N–H and O–H groups in total. The molecule has 4 unspecified atom stereocenters. The van der Waals surface area contributed by atoms with Gasteiger partial charge in [-0.05, 0) is 60.7 Å². The first-order valence-corrected chi connectivity index (χ1v) is 13.2. The molecule has 5 aliphatic rings. The van der Waals surface area contributed by atoms with Gasteiger partial charge in [0.2, 0.25) is 0 Å². The lowest BCUT2D eigenvalue weighted by Crippen LogP contribution is -2.64. The number of hydrogen-bond donors (Lipinski definition) is 1. The molecule has 4 bridgehead atoms. The Bertz CT molecular complexity index is 934. The Morgan fingerprint density at radius 2 is 2.06 bits per heavy atom. The average Bonchev–Trinajstić information content (AvgIpc) is 3.48. The van der Waals surface area contributed by atoms with Gasteiger partial charge in [0.15, 0.2) is 0 Å². The minimum atomic E-state index is -1.19. The molecule has 182 valence electrons. The molecule has 0 saturated heterocycles. The summed E-state index contributed by atoms with van der Waals surface area (Å²) in [6.45, 7) is 13.2. The largest absolute Gasteiger partial charge is 0.481 e. The number of hydrogen-bond acceptors (Lipinski definition) is 4. The number of aliphatic carboxylic acids is 1. The van der Waals surface area contributed by atoms with Crippen molar-refractivity contribution in [3.8, 4) is 0 Å². The molecule has 0 spiro atoms. The van der Waals surface area contributed by atoms with Crippen LogP contribution in [0.2, 0.25) is 0 Å². The molecule has 1 heterocycles. The zero-order valence-corrected chi connectivity index (χ0v) is 21.2. The van der Waals surface area contributed by atoms with Gasteiger partial charge in [-0.15, -0.1) is 0 Å². The summed E-state index contributed by atoms with van der Waals surface area (Å²) in [6.07, 6.45) is 9.50. The zero-order valence-electron chi connectivity index (χ0n) is 21.2. The minimum Gasteiger partial charge on any atom is -0.481 e. The van der Waals surface area contributed by atoms with Crippen molar-refractivity contribution in [2.24, 2.45) is 56.4 Å². The Balaban J connectivity index is 1.66. The molecular formula is C28H41NO4. The molecule has 5 nitrogen and oxygen atoms in total. The molecule has 0 aromatic carbocycles. The number of carbonyl (C=O) groups excluding carboxylic acids is 1. The Morgan fingerprint density at radius 3 is 2.67 bits per heavy atom. The van der Waals surface area contributed by atoms with Gasteiger partial charge in [-0.1, -0.05) is 71.2 Å². The first kappa shape index (κ1) is 23.1. The molecule has 0 aromatic heterocycles. The number of nitrogens with zero attached hydrogens (tertiary/aromatic N) is 1. The number of aldehydes is 1. The van der Waals surface area contributed by atoms with Crippen LogP contribution in [0.4, 0.5) is 0 Å². The van der Waals surface area contributed by atoms with Crippen molar-refractivity contribution in [2.45, 2.75) is 92.6 Å². The van der Waals surface area contributed by atoms with Crippen LogP contribution in [0.25, 0.3) is 0 Å². The molecule has 8 atom stereocenters. The fraction of sp³-hybridized carbons (Fsp3) is 0.821. The third kappa shape index (κ3) is 2.57. The highest BCUT2D eigenvalue weighted by Crippen LogP contribution is 2.83. The number of carboxylic acids is 1. The maximum absolute atomic E-state index is 13.6. The number of fused-ring (bicyclic) bond motifs is 2. The van der Waals surface area contributed by atoms with Crippen LogP contribution in [0.15, 0.2) is 16.8 Å². The molecule has 3 saturated carbocycles. The molecule has 1 aliphatic heterocycles. The average molecular weight is 456 g/mol. The second-order valence-corrected chi connectivity index (χ2v) is 13.0. The lowest BCUT2D eigenvalue weighted by atomic mass is 9.41. The number of carbonyl (C=O) groups is 2. The smallest absolute Gasteiger partial charge is 0.315 e. The van der Waals surface area contributed by atoms with E-state index in [1.807, 2.05) is 0 Å². The van der Waals surface area contributed by atoms with Crippen LogP contribution >= 0.6 is 0 Å². The second kappa shape index (κ2) is 7.18. The summed E-state index contributed by atoms with van der Waals surface area (Å²) in [5, 5.41) is 15.8. The van der Waals surface area contributed by atoms with E-state index in [4.69, 9.17) is 9.99 Å². The van der Waals surface area contributed by atoms with E-state index in [2.05, 4.69) is 47.6 Å². The first-order chi connectivity index (χ1) is 15.5. The van der Waals surface area contributed by atoms with E-state index in [1.54, 1.807) is 0 Å². The predicted octanol–water partition coefficient (Wildman–Crippen LogP) is 5.88. The molecule has 33 heavy (non-hydrogen) atoms.